The lowest BCUT2D eigenvalue weighted by atomic mass is 9.88. The minimum Gasteiger partial charge on any atom is -0.379 e. The van der Waals surface area contributed by atoms with Gasteiger partial charge in [-0.1, -0.05) is 84.8 Å². The van der Waals surface area contributed by atoms with Crippen LogP contribution in [0.5, 0.6) is 0 Å². The third-order valence-electron chi connectivity index (χ3n) is 6.70. The van der Waals surface area contributed by atoms with Crippen molar-refractivity contribution in [1.82, 2.24) is 0 Å². The molecule has 3 heteroatoms. The van der Waals surface area contributed by atoms with Crippen molar-refractivity contribution in [2.75, 3.05) is 32.8 Å². The van der Waals surface area contributed by atoms with E-state index >= 15 is 0 Å². The molecule has 0 amide bonds. The molecule has 0 spiro atoms. The number of ether oxygens (including phenoxy) is 1. The average Bonchev–Trinajstić information content (AvgIpc) is 3.08. The summed E-state index contributed by atoms with van der Waals surface area (Å²) in [6.45, 7) is 5.24. The van der Waals surface area contributed by atoms with E-state index in [1.54, 1.807) is 0 Å². The van der Waals surface area contributed by atoms with Crippen LogP contribution in [0.1, 0.15) is 23.1 Å². The number of hydrogen-bond acceptors (Lipinski definition) is 2. The first-order valence-corrected chi connectivity index (χ1v) is 11.0. The van der Waals surface area contributed by atoms with E-state index in [0.717, 1.165) is 66.1 Å². The summed E-state index contributed by atoms with van der Waals surface area (Å²) in [5.41, 5.74) is 4.44. The van der Waals surface area contributed by atoms with Gasteiger partial charge in [0.2, 0.25) is 0 Å². The highest BCUT2D eigenvalue weighted by Gasteiger charge is 2.40. The number of aliphatic hydroxyl groups is 1. The van der Waals surface area contributed by atoms with Crippen molar-refractivity contribution in [2.24, 2.45) is 0 Å². The fourth-order valence-electron chi connectivity index (χ4n) is 4.98. The molecule has 31 heavy (non-hydrogen) atoms. The number of fused-ring (bicyclic) bond motifs is 3. The molecule has 1 saturated heterocycles. The molecule has 3 nitrogen and oxygen atoms in total. The summed E-state index contributed by atoms with van der Waals surface area (Å²) >= 11 is 0. The smallest absolute Gasteiger partial charge is 0.141 e. The Balaban J connectivity index is 1.38. The Hall–Kier alpha value is -2.90. The Labute approximate surface area is 184 Å². The van der Waals surface area contributed by atoms with Crippen LogP contribution in [0.4, 0.5) is 0 Å². The summed E-state index contributed by atoms with van der Waals surface area (Å²) in [6.07, 6.45) is 0.406. The summed E-state index contributed by atoms with van der Waals surface area (Å²) < 4.78 is 6.56. The van der Waals surface area contributed by atoms with Crippen LogP contribution in [0.25, 0.3) is 11.1 Å². The van der Waals surface area contributed by atoms with E-state index in [1.807, 2.05) is 36.4 Å². The van der Waals surface area contributed by atoms with Crippen molar-refractivity contribution in [1.29, 1.82) is 0 Å². The van der Waals surface area contributed by atoms with Crippen LogP contribution < -0.4 is 0 Å². The molecule has 0 radical (unpaired) electrons. The molecule has 0 saturated carbocycles. The van der Waals surface area contributed by atoms with Gasteiger partial charge in [0.15, 0.2) is 0 Å². The lowest BCUT2D eigenvalue weighted by Crippen LogP contribution is -2.54. The molecule has 156 valence electrons. The molecule has 1 aliphatic carbocycles. The van der Waals surface area contributed by atoms with Crippen LogP contribution in [-0.2, 0) is 16.9 Å². The van der Waals surface area contributed by atoms with E-state index in [2.05, 4.69) is 54.3 Å². The van der Waals surface area contributed by atoms with Gasteiger partial charge < -0.3 is 14.3 Å². The summed E-state index contributed by atoms with van der Waals surface area (Å²) in [6, 6.07) is 26.9. The number of hydrogen-bond donors (Lipinski definition) is 1. The van der Waals surface area contributed by atoms with E-state index in [4.69, 9.17) is 4.74 Å². The predicted molar refractivity (Wildman–Crippen MR) is 123 cm³/mol. The molecular formula is C28H28NO2+. The van der Waals surface area contributed by atoms with Crippen molar-refractivity contribution in [3.63, 3.8) is 0 Å². The zero-order valence-corrected chi connectivity index (χ0v) is 17.8. The monoisotopic (exact) mass is 410 g/mol. The van der Waals surface area contributed by atoms with E-state index < -0.39 is 5.60 Å². The van der Waals surface area contributed by atoms with Gasteiger partial charge in [0.05, 0.1) is 13.2 Å². The van der Waals surface area contributed by atoms with Gasteiger partial charge in [-0.25, -0.2) is 0 Å². The standard InChI is InChI=1S/C28H28NO2/c30-28(26-14-6-4-12-24(26)25-13-5-7-15-27(25)28)16-8-9-17-29(18-20-31-21-19-29)22-23-10-2-1-3-11-23/h1-7,10-15,30H,16-22H2/q+1. The summed E-state index contributed by atoms with van der Waals surface area (Å²) in [7, 11) is 0. The maximum Gasteiger partial charge on any atom is 0.141 e. The van der Waals surface area contributed by atoms with E-state index in [0.29, 0.717) is 6.42 Å². The first-order chi connectivity index (χ1) is 15.2. The first kappa shape index (κ1) is 20.0. The highest BCUT2D eigenvalue weighted by atomic mass is 16.5. The summed E-state index contributed by atoms with van der Waals surface area (Å²) in [5, 5.41) is 11.7. The summed E-state index contributed by atoms with van der Waals surface area (Å²) in [5.74, 6) is 6.79. The fourth-order valence-corrected chi connectivity index (χ4v) is 4.98. The van der Waals surface area contributed by atoms with Gasteiger partial charge >= 0.3 is 0 Å². The van der Waals surface area contributed by atoms with Crippen LogP contribution in [0.15, 0.2) is 78.9 Å². The van der Waals surface area contributed by atoms with Crippen LogP contribution in [-0.4, -0.2) is 42.4 Å². The zero-order valence-electron chi connectivity index (χ0n) is 17.8. The molecule has 0 unspecified atom stereocenters. The lowest BCUT2D eigenvalue weighted by Gasteiger charge is -2.40. The van der Waals surface area contributed by atoms with Crippen LogP contribution in [0, 0.1) is 11.8 Å². The average molecular weight is 411 g/mol. The van der Waals surface area contributed by atoms with Crippen molar-refractivity contribution < 1.29 is 14.3 Å². The molecular weight excluding hydrogens is 382 g/mol. The van der Waals surface area contributed by atoms with Gasteiger partial charge in [-0.15, -0.1) is 0 Å². The van der Waals surface area contributed by atoms with E-state index in [-0.39, 0.29) is 0 Å². The second-order valence-corrected chi connectivity index (χ2v) is 8.68. The molecule has 3 aromatic rings. The molecule has 1 N–H and O–H groups in total. The normalized spacial score (nSPS) is 17.8. The Kier molecular flexibility index (Phi) is 5.38. The van der Waals surface area contributed by atoms with Gasteiger partial charge in [0, 0.05) is 12.0 Å². The molecule has 3 aromatic carbocycles. The first-order valence-electron chi connectivity index (χ1n) is 11.0. The number of morpholine rings is 1. The molecule has 0 atom stereocenters. The minimum absolute atomic E-state index is 0.406. The zero-order chi connectivity index (χ0) is 21.2. The maximum absolute atomic E-state index is 11.7. The third-order valence-corrected chi connectivity index (χ3v) is 6.70. The second-order valence-electron chi connectivity index (χ2n) is 8.68. The van der Waals surface area contributed by atoms with Crippen molar-refractivity contribution >= 4 is 0 Å². The topological polar surface area (TPSA) is 29.5 Å². The van der Waals surface area contributed by atoms with Crippen molar-refractivity contribution in [3.05, 3.63) is 95.6 Å². The Morgan fingerprint density at radius 3 is 2.00 bits per heavy atom. The Morgan fingerprint density at radius 1 is 0.774 bits per heavy atom. The van der Waals surface area contributed by atoms with Gasteiger partial charge in [-0.3, -0.25) is 0 Å². The Morgan fingerprint density at radius 2 is 1.35 bits per heavy atom. The van der Waals surface area contributed by atoms with Gasteiger partial charge in [-0.2, -0.15) is 0 Å². The molecule has 0 aromatic heterocycles. The molecule has 5 rings (SSSR count). The largest absolute Gasteiger partial charge is 0.379 e. The Bertz CT molecular complexity index is 1070. The fraction of sp³-hybridized carbons (Fsp3) is 0.286. The molecule has 1 fully saturated rings. The second kappa shape index (κ2) is 8.32. The molecule has 0 bridgehead atoms. The van der Waals surface area contributed by atoms with Crippen LogP contribution in [0.2, 0.25) is 0 Å². The molecule has 1 heterocycles. The molecule has 2 aliphatic rings. The maximum atomic E-state index is 11.7. The lowest BCUT2D eigenvalue weighted by molar-refractivity contribution is -0.941. The number of quaternary nitrogens is 1. The third kappa shape index (κ3) is 3.79. The van der Waals surface area contributed by atoms with Crippen molar-refractivity contribution in [2.45, 2.75) is 18.6 Å². The quantitative estimate of drug-likeness (QED) is 0.512. The highest BCUT2D eigenvalue weighted by molar-refractivity contribution is 5.80. The SMILES string of the molecule is OC1(CC#CC[N+]2(Cc3ccccc3)CCOCC2)c2ccccc2-c2ccccc21. The summed E-state index contributed by atoms with van der Waals surface area (Å²) in [4.78, 5) is 0. The van der Waals surface area contributed by atoms with E-state index in [9.17, 15) is 5.11 Å². The predicted octanol–water partition coefficient (Wildman–Crippen LogP) is 4.34. The van der Waals surface area contributed by atoms with Crippen LogP contribution >= 0.6 is 0 Å². The van der Waals surface area contributed by atoms with Gasteiger partial charge in [0.1, 0.15) is 31.8 Å². The number of benzene rings is 3. The van der Waals surface area contributed by atoms with Gasteiger partial charge in [0.25, 0.3) is 0 Å². The number of nitrogens with zero attached hydrogens (tertiary/aromatic N) is 1. The molecule has 1 aliphatic heterocycles. The minimum atomic E-state index is -1.05. The van der Waals surface area contributed by atoms with Crippen LogP contribution in [0.3, 0.4) is 0 Å². The number of rotatable bonds is 4. The van der Waals surface area contributed by atoms with E-state index in [1.165, 1.54) is 5.56 Å². The van der Waals surface area contributed by atoms with Gasteiger partial charge in [-0.05, 0) is 28.2 Å². The highest BCUT2D eigenvalue weighted by Crippen LogP contribution is 2.48. The van der Waals surface area contributed by atoms with Crippen molar-refractivity contribution in [3.8, 4) is 23.0 Å².